The van der Waals surface area contributed by atoms with Crippen LogP contribution in [0.25, 0.3) is 6.08 Å². The molecule has 1 fully saturated rings. The SMILES string of the molecule is NC(=O)c1c(NC(=O)C2CCN(S(=O)(=O)/C=C/c3ccccc3)CC2)sc2c1CCCC2. The summed E-state index contributed by atoms with van der Waals surface area (Å²) in [6.07, 6.45) is 6.25. The number of fused-ring (bicyclic) bond motifs is 1. The highest BCUT2D eigenvalue weighted by atomic mass is 32.2. The Morgan fingerprint density at radius 1 is 1.09 bits per heavy atom. The van der Waals surface area contributed by atoms with Gasteiger partial charge in [-0.15, -0.1) is 11.3 Å². The highest BCUT2D eigenvalue weighted by Gasteiger charge is 2.31. The molecular formula is C23H27N3O4S2. The Kier molecular flexibility index (Phi) is 6.78. The number of sulfonamides is 1. The van der Waals surface area contributed by atoms with Gasteiger partial charge < -0.3 is 11.1 Å². The van der Waals surface area contributed by atoms with Gasteiger partial charge in [0.2, 0.25) is 15.9 Å². The highest BCUT2D eigenvalue weighted by Crippen LogP contribution is 2.38. The predicted octanol–water partition coefficient (Wildman–Crippen LogP) is 3.38. The van der Waals surface area contributed by atoms with Crippen molar-refractivity contribution in [3.05, 3.63) is 57.3 Å². The Hall–Kier alpha value is -2.49. The smallest absolute Gasteiger partial charge is 0.251 e. The van der Waals surface area contributed by atoms with E-state index in [4.69, 9.17) is 5.73 Å². The Bertz CT molecular complexity index is 1130. The molecule has 2 aliphatic rings. The fourth-order valence-corrected chi connectivity index (χ4v) is 6.83. The Morgan fingerprint density at radius 2 is 1.78 bits per heavy atom. The summed E-state index contributed by atoms with van der Waals surface area (Å²) in [5, 5.41) is 4.67. The molecule has 4 rings (SSSR count). The summed E-state index contributed by atoms with van der Waals surface area (Å²) in [5.74, 6) is -0.992. The lowest BCUT2D eigenvalue weighted by molar-refractivity contribution is -0.120. The molecule has 1 aliphatic heterocycles. The second-order valence-electron chi connectivity index (χ2n) is 8.20. The lowest BCUT2D eigenvalue weighted by Crippen LogP contribution is -2.40. The predicted molar refractivity (Wildman–Crippen MR) is 127 cm³/mol. The summed E-state index contributed by atoms with van der Waals surface area (Å²) in [7, 11) is -3.55. The maximum atomic E-state index is 12.9. The molecule has 0 atom stereocenters. The average Bonchev–Trinajstić information content (AvgIpc) is 3.16. The van der Waals surface area contributed by atoms with E-state index in [9.17, 15) is 18.0 Å². The number of carbonyl (C=O) groups is 2. The first-order valence-electron chi connectivity index (χ1n) is 10.8. The second-order valence-corrected chi connectivity index (χ2v) is 11.1. The van der Waals surface area contributed by atoms with Gasteiger partial charge in [0.15, 0.2) is 0 Å². The molecule has 170 valence electrons. The van der Waals surface area contributed by atoms with Crippen LogP contribution in [0.5, 0.6) is 0 Å². The zero-order valence-corrected chi connectivity index (χ0v) is 19.4. The van der Waals surface area contributed by atoms with Crippen molar-refractivity contribution in [1.29, 1.82) is 0 Å². The van der Waals surface area contributed by atoms with Crippen molar-refractivity contribution in [2.24, 2.45) is 11.7 Å². The van der Waals surface area contributed by atoms with E-state index in [2.05, 4.69) is 5.32 Å². The zero-order chi connectivity index (χ0) is 22.7. The van der Waals surface area contributed by atoms with Gasteiger partial charge in [0.05, 0.1) is 5.56 Å². The molecule has 32 heavy (non-hydrogen) atoms. The van der Waals surface area contributed by atoms with Gasteiger partial charge in [0.1, 0.15) is 5.00 Å². The van der Waals surface area contributed by atoms with Gasteiger partial charge >= 0.3 is 0 Å². The maximum absolute atomic E-state index is 12.9. The number of rotatable bonds is 6. The van der Waals surface area contributed by atoms with Crippen molar-refractivity contribution < 1.29 is 18.0 Å². The van der Waals surface area contributed by atoms with E-state index in [0.29, 0.717) is 23.4 Å². The van der Waals surface area contributed by atoms with Crippen molar-refractivity contribution >= 4 is 44.3 Å². The normalized spacial score (nSPS) is 17.9. The van der Waals surface area contributed by atoms with Gasteiger partial charge in [-0.1, -0.05) is 30.3 Å². The van der Waals surface area contributed by atoms with Crippen LogP contribution in [0.15, 0.2) is 35.7 Å². The molecule has 0 saturated carbocycles. The van der Waals surface area contributed by atoms with Crippen LogP contribution in [0.1, 0.15) is 52.0 Å². The number of anilines is 1. The molecule has 1 saturated heterocycles. The molecule has 1 aromatic heterocycles. The quantitative estimate of drug-likeness (QED) is 0.670. The van der Waals surface area contributed by atoms with E-state index < -0.39 is 15.9 Å². The summed E-state index contributed by atoms with van der Waals surface area (Å²) in [6.45, 7) is 0.562. The average molecular weight is 474 g/mol. The maximum Gasteiger partial charge on any atom is 0.251 e. The Labute approximate surface area is 192 Å². The molecule has 1 aliphatic carbocycles. The van der Waals surface area contributed by atoms with Crippen molar-refractivity contribution in [2.75, 3.05) is 18.4 Å². The molecule has 1 aromatic carbocycles. The topological polar surface area (TPSA) is 110 Å². The molecular weight excluding hydrogens is 446 g/mol. The largest absolute Gasteiger partial charge is 0.365 e. The van der Waals surface area contributed by atoms with Crippen LogP contribution >= 0.6 is 11.3 Å². The van der Waals surface area contributed by atoms with Crippen LogP contribution in [-0.4, -0.2) is 37.6 Å². The van der Waals surface area contributed by atoms with E-state index >= 15 is 0 Å². The number of nitrogens with one attached hydrogen (secondary N) is 1. The van der Waals surface area contributed by atoms with Gasteiger partial charge in [-0.05, 0) is 55.7 Å². The van der Waals surface area contributed by atoms with Crippen molar-refractivity contribution in [3.63, 3.8) is 0 Å². The molecule has 2 heterocycles. The first-order valence-corrected chi connectivity index (χ1v) is 13.2. The summed E-state index contributed by atoms with van der Waals surface area (Å²) in [6, 6.07) is 9.25. The van der Waals surface area contributed by atoms with Crippen molar-refractivity contribution in [1.82, 2.24) is 4.31 Å². The molecule has 0 radical (unpaired) electrons. The highest BCUT2D eigenvalue weighted by molar-refractivity contribution is 7.92. The minimum Gasteiger partial charge on any atom is -0.365 e. The molecule has 9 heteroatoms. The van der Waals surface area contributed by atoms with Gasteiger partial charge in [-0.25, -0.2) is 8.42 Å². The van der Waals surface area contributed by atoms with Crippen molar-refractivity contribution in [2.45, 2.75) is 38.5 Å². The number of thiophene rings is 1. The third-order valence-electron chi connectivity index (χ3n) is 6.07. The summed E-state index contributed by atoms with van der Waals surface area (Å²) in [5.41, 5.74) is 7.85. The third-order valence-corrected chi connectivity index (χ3v) is 8.84. The van der Waals surface area contributed by atoms with Crippen LogP contribution in [0.4, 0.5) is 5.00 Å². The number of piperidine rings is 1. The number of aryl methyl sites for hydroxylation is 1. The summed E-state index contributed by atoms with van der Waals surface area (Å²) in [4.78, 5) is 26.0. The zero-order valence-electron chi connectivity index (χ0n) is 17.7. The van der Waals surface area contributed by atoms with Crippen LogP contribution in [0.2, 0.25) is 0 Å². The van der Waals surface area contributed by atoms with Crippen LogP contribution in [-0.2, 0) is 27.7 Å². The molecule has 0 bridgehead atoms. The van der Waals surface area contributed by atoms with E-state index in [1.807, 2.05) is 30.3 Å². The number of carbonyl (C=O) groups excluding carboxylic acids is 2. The Balaban J connectivity index is 1.38. The summed E-state index contributed by atoms with van der Waals surface area (Å²) >= 11 is 1.44. The van der Waals surface area contributed by atoms with E-state index in [-0.39, 0.29) is 24.9 Å². The number of nitrogens with two attached hydrogens (primary N) is 1. The fraction of sp³-hybridized carbons (Fsp3) is 0.391. The number of benzene rings is 1. The molecule has 0 spiro atoms. The lowest BCUT2D eigenvalue weighted by Gasteiger charge is -2.29. The van der Waals surface area contributed by atoms with E-state index in [0.717, 1.165) is 41.7 Å². The lowest BCUT2D eigenvalue weighted by atomic mass is 9.95. The molecule has 2 amide bonds. The first-order chi connectivity index (χ1) is 15.3. The minimum atomic E-state index is -3.55. The molecule has 7 nitrogen and oxygen atoms in total. The van der Waals surface area contributed by atoms with Gasteiger partial charge in [-0.2, -0.15) is 4.31 Å². The number of hydrogen-bond acceptors (Lipinski definition) is 5. The minimum absolute atomic E-state index is 0.178. The number of hydrogen-bond donors (Lipinski definition) is 2. The summed E-state index contributed by atoms with van der Waals surface area (Å²) < 4.78 is 26.7. The second kappa shape index (κ2) is 9.56. The monoisotopic (exact) mass is 473 g/mol. The first kappa shape index (κ1) is 22.7. The van der Waals surface area contributed by atoms with E-state index in [1.54, 1.807) is 6.08 Å². The Morgan fingerprint density at radius 3 is 2.47 bits per heavy atom. The molecule has 2 aromatic rings. The van der Waals surface area contributed by atoms with Gasteiger partial charge in [0.25, 0.3) is 5.91 Å². The standard InChI is InChI=1S/C23H27N3O4S2/c24-21(27)20-18-8-4-5-9-19(18)31-23(20)25-22(28)17-10-13-26(14-11-17)32(29,30)15-12-16-6-2-1-3-7-16/h1-3,6-7,12,15,17H,4-5,8-11,13-14H2,(H2,24,27)(H,25,28)/b15-12+. The van der Waals surface area contributed by atoms with Crippen LogP contribution in [0, 0.1) is 5.92 Å². The molecule has 3 N–H and O–H groups in total. The van der Waals surface area contributed by atoms with Crippen molar-refractivity contribution in [3.8, 4) is 0 Å². The van der Waals surface area contributed by atoms with Gasteiger partial charge in [-0.3, -0.25) is 9.59 Å². The van der Waals surface area contributed by atoms with Gasteiger partial charge in [0, 0.05) is 29.3 Å². The number of amides is 2. The fourth-order valence-electron chi connectivity index (χ4n) is 4.32. The number of nitrogens with zero attached hydrogens (tertiary/aromatic N) is 1. The third kappa shape index (κ3) is 4.95. The van der Waals surface area contributed by atoms with Crippen LogP contribution < -0.4 is 11.1 Å². The number of primary amides is 1. The van der Waals surface area contributed by atoms with E-state index in [1.165, 1.54) is 21.1 Å². The molecule has 0 unspecified atom stereocenters. The van der Waals surface area contributed by atoms with Crippen LogP contribution in [0.3, 0.4) is 0 Å².